The van der Waals surface area contributed by atoms with Gasteiger partial charge in [0.1, 0.15) is 0 Å². The largest absolute Gasteiger partial charge is 0.345 e. The van der Waals surface area contributed by atoms with E-state index in [0.717, 1.165) is 25.9 Å². The molecule has 2 unspecified atom stereocenters. The van der Waals surface area contributed by atoms with Crippen LogP contribution in [0.5, 0.6) is 0 Å². The van der Waals surface area contributed by atoms with E-state index in [1.54, 1.807) is 0 Å². The summed E-state index contributed by atoms with van der Waals surface area (Å²) in [6.07, 6.45) is 1.89. The molecule has 1 aromatic rings. The van der Waals surface area contributed by atoms with E-state index < -0.39 is 0 Å². The standard InChI is InChI=1S/C15H25N3O/c1-4-5-13(10-16)15(19)18-9-8-17-11(2)6-7-14(17)12(18)3/h6-7,12-13H,4-5,8-10,16H2,1-3H3. The van der Waals surface area contributed by atoms with E-state index in [0.29, 0.717) is 6.54 Å². The number of rotatable bonds is 4. The van der Waals surface area contributed by atoms with Crippen LogP contribution in [0.25, 0.3) is 0 Å². The lowest BCUT2D eigenvalue weighted by Gasteiger charge is -2.37. The average molecular weight is 263 g/mol. The predicted molar refractivity (Wildman–Crippen MR) is 76.7 cm³/mol. The van der Waals surface area contributed by atoms with Crippen molar-refractivity contribution in [3.63, 3.8) is 0 Å². The molecule has 0 saturated carbocycles. The van der Waals surface area contributed by atoms with E-state index in [1.807, 2.05) is 4.90 Å². The molecule has 1 amide bonds. The summed E-state index contributed by atoms with van der Waals surface area (Å²) in [6.45, 7) is 8.48. The molecule has 4 nitrogen and oxygen atoms in total. The minimum atomic E-state index is -0.0185. The summed E-state index contributed by atoms with van der Waals surface area (Å²) < 4.78 is 2.31. The third-order valence-electron chi connectivity index (χ3n) is 4.25. The number of carbonyl (C=O) groups excluding carboxylic acids is 1. The van der Waals surface area contributed by atoms with Gasteiger partial charge in [0.25, 0.3) is 0 Å². The molecule has 0 radical (unpaired) electrons. The number of amides is 1. The van der Waals surface area contributed by atoms with Crippen molar-refractivity contribution in [2.45, 2.75) is 46.2 Å². The summed E-state index contributed by atoms with van der Waals surface area (Å²) in [5.41, 5.74) is 8.27. The molecule has 2 rings (SSSR count). The highest BCUT2D eigenvalue weighted by Crippen LogP contribution is 2.28. The molecule has 1 aliphatic heterocycles. The zero-order chi connectivity index (χ0) is 14.0. The summed E-state index contributed by atoms with van der Waals surface area (Å²) in [5.74, 6) is 0.206. The van der Waals surface area contributed by atoms with Crippen LogP contribution in [0.2, 0.25) is 0 Å². The van der Waals surface area contributed by atoms with Crippen LogP contribution >= 0.6 is 0 Å². The Kier molecular flexibility index (Phi) is 4.30. The Morgan fingerprint density at radius 1 is 1.47 bits per heavy atom. The number of fused-ring (bicyclic) bond motifs is 1. The summed E-state index contributed by atoms with van der Waals surface area (Å²) in [4.78, 5) is 14.6. The summed E-state index contributed by atoms with van der Waals surface area (Å²) in [7, 11) is 0. The Labute approximate surface area is 115 Å². The Morgan fingerprint density at radius 3 is 2.84 bits per heavy atom. The number of aryl methyl sites for hydroxylation is 1. The molecule has 2 heterocycles. The molecule has 0 aromatic carbocycles. The molecule has 2 atom stereocenters. The Bertz CT molecular complexity index is 452. The number of hydrogen-bond acceptors (Lipinski definition) is 2. The van der Waals surface area contributed by atoms with Crippen molar-refractivity contribution in [3.05, 3.63) is 23.5 Å². The topological polar surface area (TPSA) is 51.3 Å². The Balaban J connectivity index is 2.17. The van der Waals surface area contributed by atoms with Gasteiger partial charge in [0.2, 0.25) is 5.91 Å². The van der Waals surface area contributed by atoms with Gasteiger partial charge in [0, 0.05) is 31.0 Å². The molecular formula is C15H25N3O. The number of hydrogen-bond donors (Lipinski definition) is 1. The van der Waals surface area contributed by atoms with Crippen molar-refractivity contribution in [3.8, 4) is 0 Å². The maximum atomic E-state index is 12.6. The number of nitrogens with two attached hydrogens (primary N) is 1. The molecule has 4 heteroatoms. The third kappa shape index (κ3) is 2.54. The lowest BCUT2D eigenvalue weighted by molar-refractivity contribution is -0.138. The molecule has 19 heavy (non-hydrogen) atoms. The van der Waals surface area contributed by atoms with Gasteiger partial charge in [-0.15, -0.1) is 0 Å². The van der Waals surface area contributed by atoms with Gasteiger partial charge in [-0.2, -0.15) is 0 Å². The first kappa shape index (κ1) is 14.1. The fraction of sp³-hybridized carbons (Fsp3) is 0.667. The second-order valence-electron chi connectivity index (χ2n) is 5.48. The minimum absolute atomic E-state index is 0.0185. The number of carbonyl (C=O) groups is 1. The molecule has 0 bridgehead atoms. The van der Waals surface area contributed by atoms with Gasteiger partial charge in [0.05, 0.1) is 12.0 Å². The third-order valence-corrected chi connectivity index (χ3v) is 4.25. The SMILES string of the molecule is CCCC(CN)C(=O)N1CCn2c(C)ccc2C1C. The molecule has 1 aromatic heterocycles. The van der Waals surface area contributed by atoms with Gasteiger partial charge in [-0.05, 0) is 32.4 Å². The van der Waals surface area contributed by atoms with Gasteiger partial charge < -0.3 is 15.2 Å². The van der Waals surface area contributed by atoms with Crippen molar-refractivity contribution in [1.29, 1.82) is 0 Å². The fourth-order valence-corrected chi connectivity index (χ4v) is 3.05. The molecule has 0 aliphatic carbocycles. The molecule has 0 saturated heterocycles. The predicted octanol–water partition coefficient (Wildman–Crippen LogP) is 2.07. The van der Waals surface area contributed by atoms with Crippen LogP contribution in [-0.2, 0) is 11.3 Å². The van der Waals surface area contributed by atoms with Crippen LogP contribution in [0.4, 0.5) is 0 Å². The molecule has 2 N–H and O–H groups in total. The first-order valence-electron chi connectivity index (χ1n) is 7.26. The second-order valence-corrected chi connectivity index (χ2v) is 5.48. The van der Waals surface area contributed by atoms with E-state index in [9.17, 15) is 4.79 Å². The fourth-order valence-electron chi connectivity index (χ4n) is 3.05. The maximum absolute atomic E-state index is 12.6. The van der Waals surface area contributed by atoms with Gasteiger partial charge in [0.15, 0.2) is 0 Å². The lowest BCUT2D eigenvalue weighted by Crippen LogP contribution is -2.45. The van der Waals surface area contributed by atoms with Gasteiger partial charge in [-0.25, -0.2) is 0 Å². The van der Waals surface area contributed by atoms with E-state index in [-0.39, 0.29) is 17.9 Å². The van der Waals surface area contributed by atoms with Crippen LogP contribution in [0.1, 0.15) is 44.1 Å². The van der Waals surface area contributed by atoms with Crippen molar-refractivity contribution in [1.82, 2.24) is 9.47 Å². The Morgan fingerprint density at radius 2 is 2.21 bits per heavy atom. The van der Waals surface area contributed by atoms with E-state index >= 15 is 0 Å². The first-order chi connectivity index (χ1) is 9.10. The maximum Gasteiger partial charge on any atom is 0.227 e. The zero-order valence-corrected chi connectivity index (χ0v) is 12.2. The molecule has 0 fully saturated rings. The molecular weight excluding hydrogens is 238 g/mol. The highest BCUT2D eigenvalue weighted by molar-refractivity contribution is 5.79. The first-order valence-corrected chi connectivity index (χ1v) is 7.26. The molecule has 0 spiro atoms. The summed E-state index contributed by atoms with van der Waals surface area (Å²) >= 11 is 0. The minimum Gasteiger partial charge on any atom is -0.345 e. The van der Waals surface area contributed by atoms with Crippen LogP contribution in [0.15, 0.2) is 12.1 Å². The smallest absolute Gasteiger partial charge is 0.227 e. The highest BCUT2D eigenvalue weighted by atomic mass is 16.2. The van der Waals surface area contributed by atoms with Crippen LogP contribution in [-0.4, -0.2) is 28.5 Å². The number of nitrogens with zero attached hydrogens (tertiary/aromatic N) is 2. The van der Waals surface area contributed by atoms with Crippen LogP contribution < -0.4 is 5.73 Å². The zero-order valence-electron chi connectivity index (χ0n) is 12.2. The van der Waals surface area contributed by atoms with E-state index in [1.165, 1.54) is 11.4 Å². The van der Waals surface area contributed by atoms with Crippen molar-refractivity contribution in [2.24, 2.45) is 11.7 Å². The average Bonchev–Trinajstić information content (AvgIpc) is 2.78. The van der Waals surface area contributed by atoms with Crippen LogP contribution in [0.3, 0.4) is 0 Å². The quantitative estimate of drug-likeness (QED) is 0.904. The van der Waals surface area contributed by atoms with Gasteiger partial charge in [-0.1, -0.05) is 13.3 Å². The summed E-state index contributed by atoms with van der Waals surface area (Å²) in [5, 5.41) is 0. The highest BCUT2D eigenvalue weighted by Gasteiger charge is 2.31. The lowest BCUT2D eigenvalue weighted by atomic mass is 10.00. The molecule has 1 aliphatic rings. The van der Waals surface area contributed by atoms with Gasteiger partial charge in [-0.3, -0.25) is 4.79 Å². The van der Waals surface area contributed by atoms with Crippen molar-refractivity contribution in [2.75, 3.05) is 13.1 Å². The normalized spacial score (nSPS) is 20.2. The summed E-state index contributed by atoms with van der Waals surface area (Å²) in [6, 6.07) is 4.42. The van der Waals surface area contributed by atoms with Crippen molar-refractivity contribution >= 4 is 5.91 Å². The molecule has 106 valence electrons. The second kappa shape index (κ2) is 5.78. The van der Waals surface area contributed by atoms with Gasteiger partial charge >= 0.3 is 0 Å². The van der Waals surface area contributed by atoms with Crippen LogP contribution in [0, 0.1) is 12.8 Å². The van der Waals surface area contributed by atoms with E-state index in [2.05, 4.69) is 37.5 Å². The Hall–Kier alpha value is -1.29. The number of aromatic nitrogens is 1. The van der Waals surface area contributed by atoms with Crippen molar-refractivity contribution < 1.29 is 4.79 Å². The van der Waals surface area contributed by atoms with E-state index in [4.69, 9.17) is 5.73 Å². The monoisotopic (exact) mass is 263 g/mol.